The number of nitrogens with one attached hydrogen (secondary N) is 1. The number of nitrogens with zero attached hydrogens (tertiary/aromatic N) is 1. The highest BCUT2D eigenvalue weighted by Gasteiger charge is 2.23. The zero-order valence-electron chi connectivity index (χ0n) is 12.7. The van der Waals surface area contributed by atoms with E-state index in [0.29, 0.717) is 19.6 Å². The number of amides is 2. The van der Waals surface area contributed by atoms with Crippen LogP contribution < -0.4 is 11.1 Å². The number of hydrogen-bond donors (Lipinski definition) is 2. The zero-order chi connectivity index (χ0) is 16.0. The van der Waals surface area contributed by atoms with Crippen molar-refractivity contribution in [3.63, 3.8) is 0 Å². The molecule has 21 heavy (non-hydrogen) atoms. The van der Waals surface area contributed by atoms with Gasteiger partial charge in [0.15, 0.2) is 0 Å². The van der Waals surface area contributed by atoms with Gasteiger partial charge in [0.25, 0.3) is 0 Å². The fourth-order valence-electron chi connectivity index (χ4n) is 1.89. The van der Waals surface area contributed by atoms with Crippen molar-refractivity contribution in [3.8, 4) is 0 Å². The highest BCUT2D eigenvalue weighted by Crippen LogP contribution is 2.18. The van der Waals surface area contributed by atoms with Crippen LogP contribution in [0.4, 0.5) is 19.3 Å². The number of urea groups is 1. The SMILES string of the molecule is CCCN(CC(C)(C)CN)C(=O)Nc1ccc(F)cc1F. The van der Waals surface area contributed by atoms with E-state index in [4.69, 9.17) is 5.73 Å². The van der Waals surface area contributed by atoms with Gasteiger partial charge in [0.2, 0.25) is 0 Å². The largest absolute Gasteiger partial charge is 0.330 e. The fraction of sp³-hybridized carbons (Fsp3) is 0.533. The topological polar surface area (TPSA) is 58.4 Å². The van der Waals surface area contributed by atoms with E-state index >= 15 is 0 Å². The standard InChI is InChI=1S/C15H23F2N3O/c1-4-7-20(10-15(2,3)9-18)14(21)19-13-6-5-11(16)8-12(13)17/h5-6,8H,4,7,9-10,18H2,1-3H3,(H,19,21). The molecule has 0 aliphatic carbocycles. The van der Waals surface area contributed by atoms with Crippen LogP contribution >= 0.6 is 0 Å². The first-order valence-corrected chi connectivity index (χ1v) is 7.00. The van der Waals surface area contributed by atoms with E-state index in [2.05, 4.69) is 5.32 Å². The molecule has 1 rings (SSSR count). The molecule has 0 spiro atoms. The first-order chi connectivity index (χ1) is 9.79. The minimum atomic E-state index is -0.794. The van der Waals surface area contributed by atoms with Crippen molar-refractivity contribution in [3.05, 3.63) is 29.8 Å². The number of carbonyl (C=O) groups excluding carboxylic acids is 1. The van der Waals surface area contributed by atoms with Gasteiger partial charge in [-0.05, 0) is 30.5 Å². The number of rotatable bonds is 6. The second kappa shape index (κ2) is 7.36. The van der Waals surface area contributed by atoms with Crippen molar-refractivity contribution in [2.24, 2.45) is 11.1 Å². The predicted molar refractivity (Wildman–Crippen MR) is 80.1 cm³/mol. The maximum Gasteiger partial charge on any atom is 0.321 e. The number of halogens is 2. The van der Waals surface area contributed by atoms with Gasteiger partial charge < -0.3 is 16.0 Å². The normalized spacial score (nSPS) is 11.3. The highest BCUT2D eigenvalue weighted by atomic mass is 19.1. The molecule has 6 heteroatoms. The third-order valence-corrected chi connectivity index (χ3v) is 3.12. The van der Waals surface area contributed by atoms with Crippen molar-refractivity contribution in [1.82, 2.24) is 4.90 Å². The summed E-state index contributed by atoms with van der Waals surface area (Å²) in [6, 6.07) is 2.64. The van der Waals surface area contributed by atoms with Crippen LogP contribution in [0.15, 0.2) is 18.2 Å². The third-order valence-electron chi connectivity index (χ3n) is 3.12. The van der Waals surface area contributed by atoms with Crippen molar-refractivity contribution >= 4 is 11.7 Å². The van der Waals surface area contributed by atoms with Crippen molar-refractivity contribution in [2.45, 2.75) is 27.2 Å². The van der Waals surface area contributed by atoms with Crippen LogP contribution in [0.3, 0.4) is 0 Å². The average molecular weight is 299 g/mol. The summed E-state index contributed by atoms with van der Waals surface area (Å²) in [7, 11) is 0. The molecule has 0 unspecified atom stereocenters. The number of anilines is 1. The maximum absolute atomic E-state index is 13.6. The molecule has 0 aliphatic rings. The lowest BCUT2D eigenvalue weighted by Crippen LogP contribution is -2.44. The number of nitrogens with two attached hydrogens (primary N) is 1. The molecule has 1 aromatic carbocycles. The summed E-state index contributed by atoms with van der Waals surface area (Å²) in [4.78, 5) is 13.8. The maximum atomic E-state index is 13.6. The molecule has 0 aromatic heterocycles. The molecule has 1 aromatic rings. The second-order valence-corrected chi connectivity index (χ2v) is 5.84. The van der Waals surface area contributed by atoms with Gasteiger partial charge in [-0.1, -0.05) is 20.8 Å². The lowest BCUT2D eigenvalue weighted by molar-refractivity contribution is 0.181. The molecule has 3 N–H and O–H groups in total. The molecule has 4 nitrogen and oxygen atoms in total. The van der Waals surface area contributed by atoms with Gasteiger partial charge in [-0.15, -0.1) is 0 Å². The first-order valence-electron chi connectivity index (χ1n) is 7.00. The molecule has 0 saturated heterocycles. The Hall–Kier alpha value is -1.69. The Kier molecular flexibility index (Phi) is 6.08. The quantitative estimate of drug-likeness (QED) is 0.847. The van der Waals surface area contributed by atoms with E-state index in [1.165, 1.54) is 6.07 Å². The van der Waals surface area contributed by atoms with Crippen LogP contribution in [0.2, 0.25) is 0 Å². The lowest BCUT2D eigenvalue weighted by Gasteiger charge is -2.31. The van der Waals surface area contributed by atoms with E-state index in [-0.39, 0.29) is 11.1 Å². The first kappa shape index (κ1) is 17.4. The summed E-state index contributed by atoms with van der Waals surface area (Å²) in [5, 5.41) is 2.47. The molecule has 0 bridgehead atoms. The lowest BCUT2D eigenvalue weighted by atomic mass is 9.93. The minimum Gasteiger partial charge on any atom is -0.330 e. The van der Waals surface area contributed by atoms with Crippen LogP contribution in [-0.4, -0.2) is 30.6 Å². The number of hydrogen-bond acceptors (Lipinski definition) is 2. The van der Waals surface area contributed by atoms with Crippen molar-refractivity contribution < 1.29 is 13.6 Å². The molecule has 0 heterocycles. The molecular weight excluding hydrogens is 276 g/mol. The summed E-state index contributed by atoms with van der Waals surface area (Å²) in [5.41, 5.74) is 5.42. The molecule has 0 radical (unpaired) electrons. The summed E-state index contributed by atoms with van der Waals surface area (Å²) < 4.78 is 26.4. The van der Waals surface area contributed by atoms with Gasteiger partial charge in [-0.2, -0.15) is 0 Å². The Morgan fingerprint density at radius 1 is 1.38 bits per heavy atom. The minimum absolute atomic E-state index is 0.0342. The van der Waals surface area contributed by atoms with Crippen LogP contribution in [-0.2, 0) is 0 Å². The molecule has 118 valence electrons. The summed E-state index contributed by atoms with van der Waals surface area (Å²) >= 11 is 0. The average Bonchev–Trinajstić information content (AvgIpc) is 2.41. The van der Waals surface area contributed by atoms with E-state index in [1.54, 1.807) is 4.90 Å². The second-order valence-electron chi connectivity index (χ2n) is 5.84. The van der Waals surface area contributed by atoms with Crippen LogP contribution in [0.1, 0.15) is 27.2 Å². The van der Waals surface area contributed by atoms with E-state index < -0.39 is 17.7 Å². The van der Waals surface area contributed by atoms with E-state index in [9.17, 15) is 13.6 Å². The van der Waals surface area contributed by atoms with Crippen LogP contribution in [0.5, 0.6) is 0 Å². The van der Waals surface area contributed by atoms with Gasteiger partial charge in [-0.3, -0.25) is 0 Å². The highest BCUT2D eigenvalue weighted by molar-refractivity contribution is 5.89. The Morgan fingerprint density at radius 2 is 2.05 bits per heavy atom. The Bertz CT molecular complexity index is 492. The summed E-state index contributed by atoms with van der Waals surface area (Å²) in [6.45, 7) is 7.31. The van der Waals surface area contributed by atoms with Crippen molar-refractivity contribution in [2.75, 3.05) is 25.0 Å². The Morgan fingerprint density at radius 3 is 2.57 bits per heavy atom. The zero-order valence-corrected chi connectivity index (χ0v) is 12.7. The third kappa shape index (κ3) is 5.30. The Labute approximate surface area is 124 Å². The smallest absolute Gasteiger partial charge is 0.321 e. The molecule has 2 amide bonds. The van der Waals surface area contributed by atoms with Gasteiger partial charge in [0.1, 0.15) is 11.6 Å². The van der Waals surface area contributed by atoms with Crippen molar-refractivity contribution in [1.29, 1.82) is 0 Å². The Balaban J connectivity index is 2.81. The van der Waals surface area contributed by atoms with E-state index in [1.807, 2.05) is 20.8 Å². The van der Waals surface area contributed by atoms with Crippen LogP contribution in [0, 0.1) is 17.0 Å². The fourth-order valence-corrected chi connectivity index (χ4v) is 1.89. The molecule has 0 atom stereocenters. The molecule has 0 fully saturated rings. The molecule has 0 saturated carbocycles. The van der Waals surface area contributed by atoms with Gasteiger partial charge in [0.05, 0.1) is 5.69 Å². The monoisotopic (exact) mass is 299 g/mol. The van der Waals surface area contributed by atoms with E-state index in [0.717, 1.165) is 18.6 Å². The number of benzene rings is 1. The molecular formula is C15H23F2N3O. The van der Waals surface area contributed by atoms with Gasteiger partial charge in [0, 0.05) is 19.2 Å². The number of carbonyl (C=O) groups is 1. The summed E-state index contributed by atoms with van der Waals surface area (Å²) in [5.74, 6) is -1.47. The van der Waals surface area contributed by atoms with Gasteiger partial charge >= 0.3 is 6.03 Å². The van der Waals surface area contributed by atoms with Gasteiger partial charge in [-0.25, -0.2) is 13.6 Å². The summed E-state index contributed by atoms with van der Waals surface area (Å²) in [6.07, 6.45) is 0.778. The molecule has 0 aliphatic heterocycles. The van der Waals surface area contributed by atoms with Crippen LogP contribution in [0.25, 0.3) is 0 Å². The predicted octanol–water partition coefficient (Wildman–Crippen LogP) is 3.19.